The van der Waals surface area contributed by atoms with Gasteiger partial charge in [0.1, 0.15) is 11.6 Å². The molecule has 188 valence electrons. The Balaban J connectivity index is 1.54. The quantitative estimate of drug-likeness (QED) is 0.392. The number of anilines is 1. The summed E-state index contributed by atoms with van der Waals surface area (Å²) in [7, 11) is 1.64. The number of Topliss-reactive ketones (excluding diaryl/α,β-unsaturated/α-hetero) is 1. The van der Waals surface area contributed by atoms with Gasteiger partial charge in [-0.2, -0.15) is 0 Å². The lowest BCUT2D eigenvalue weighted by atomic mass is 9.71. The van der Waals surface area contributed by atoms with E-state index in [0.717, 1.165) is 38.4 Å². The Labute approximate surface area is 225 Å². The molecule has 0 saturated heterocycles. The molecule has 2 N–H and O–H groups in total. The lowest BCUT2D eigenvalue weighted by Crippen LogP contribution is -2.37. The normalized spacial score (nSPS) is 19.3. The first-order chi connectivity index (χ1) is 17.8. The summed E-state index contributed by atoms with van der Waals surface area (Å²) in [6.45, 7) is 3.78. The van der Waals surface area contributed by atoms with Crippen LogP contribution in [0.2, 0.25) is 0 Å². The third-order valence-corrected chi connectivity index (χ3v) is 7.46. The van der Waals surface area contributed by atoms with Gasteiger partial charge in [-0.3, -0.25) is 9.59 Å². The van der Waals surface area contributed by atoms with Crippen LogP contribution in [0.1, 0.15) is 48.4 Å². The molecule has 0 radical (unpaired) electrons. The number of aromatic nitrogens is 1. The highest BCUT2D eigenvalue weighted by Crippen LogP contribution is 2.46. The van der Waals surface area contributed by atoms with Gasteiger partial charge in [-0.1, -0.05) is 46.3 Å². The van der Waals surface area contributed by atoms with Gasteiger partial charge in [0.15, 0.2) is 5.78 Å². The van der Waals surface area contributed by atoms with Crippen molar-refractivity contribution in [3.8, 4) is 5.75 Å². The van der Waals surface area contributed by atoms with Gasteiger partial charge in [-0.25, -0.2) is 4.98 Å². The molecule has 1 amide bonds. The average molecular weight is 558 g/mol. The Morgan fingerprint density at radius 2 is 1.78 bits per heavy atom. The molecule has 2 unspecified atom stereocenters. The zero-order valence-corrected chi connectivity index (χ0v) is 22.6. The third kappa shape index (κ3) is 5.09. The number of allylic oxidation sites excluding steroid dienone is 3. The first-order valence-electron chi connectivity index (χ1n) is 12.2. The van der Waals surface area contributed by atoms with Crippen LogP contribution in [0.15, 0.2) is 93.7 Å². The molecule has 2 atom stereocenters. The summed E-state index contributed by atoms with van der Waals surface area (Å²) in [6, 6.07) is 21.2. The van der Waals surface area contributed by atoms with Crippen LogP contribution in [0.25, 0.3) is 0 Å². The highest BCUT2D eigenvalue weighted by atomic mass is 79.9. The Morgan fingerprint density at radius 1 is 1.03 bits per heavy atom. The standard InChI is InChI=1S/C30H28BrN3O3/c1-17-6-4-9-26(32-17)34-30(36)27-18(2)33-24-15-21(19-10-12-23(37-3)13-11-19)16-25(35)29(24)28(27)20-7-5-8-22(31)14-20/h4-14,21,28,33H,15-16H2,1-3H3,(H,32,34,36). The van der Waals surface area contributed by atoms with Crippen molar-refractivity contribution in [2.75, 3.05) is 12.4 Å². The molecule has 37 heavy (non-hydrogen) atoms. The molecular formula is C30H28BrN3O3. The second-order valence-corrected chi connectivity index (χ2v) is 10.4. The van der Waals surface area contributed by atoms with Gasteiger partial charge >= 0.3 is 0 Å². The molecule has 1 aromatic heterocycles. The van der Waals surface area contributed by atoms with Gasteiger partial charge < -0.3 is 15.4 Å². The topological polar surface area (TPSA) is 80.3 Å². The molecule has 2 heterocycles. The molecule has 3 aromatic rings. The van der Waals surface area contributed by atoms with Crippen LogP contribution in [-0.4, -0.2) is 23.8 Å². The molecule has 0 spiro atoms. The summed E-state index contributed by atoms with van der Waals surface area (Å²) in [5, 5.41) is 6.38. The Morgan fingerprint density at radius 3 is 2.49 bits per heavy atom. The van der Waals surface area contributed by atoms with Gasteiger partial charge in [0.25, 0.3) is 5.91 Å². The summed E-state index contributed by atoms with van der Waals surface area (Å²) in [5.74, 6) is 0.604. The van der Waals surface area contributed by atoms with Crippen LogP contribution in [0.5, 0.6) is 5.75 Å². The van der Waals surface area contributed by atoms with Crippen LogP contribution < -0.4 is 15.4 Å². The van der Waals surface area contributed by atoms with Gasteiger partial charge in [-0.05, 0) is 73.7 Å². The lowest BCUT2D eigenvalue weighted by Gasteiger charge is -2.37. The number of rotatable bonds is 5. The van der Waals surface area contributed by atoms with E-state index in [2.05, 4.69) is 31.5 Å². The van der Waals surface area contributed by atoms with Crippen LogP contribution >= 0.6 is 15.9 Å². The number of hydrogen-bond donors (Lipinski definition) is 2. The van der Waals surface area contributed by atoms with Crippen LogP contribution in [0.3, 0.4) is 0 Å². The van der Waals surface area contributed by atoms with Crippen LogP contribution in [0.4, 0.5) is 5.82 Å². The van der Waals surface area contributed by atoms with E-state index in [-0.39, 0.29) is 17.6 Å². The van der Waals surface area contributed by atoms with Gasteiger partial charge in [-0.15, -0.1) is 0 Å². The third-order valence-electron chi connectivity index (χ3n) is 6.97. The van der Waals surface area contributed by atoms with E-state index >= 15 is 0 Å². The van der Waals surface area contributed by atoms with Gasteiger partial charge in [0, 0.05) is 45.0 Å². The van der Waals surface area contributed by atoms with E-state index < -0.39 is 5.92 Å². The summed E-state index contributed by atoms with van der Waals surface area (Å²) in [4.78, 5) is 31.9. The zero-order chi connectivity index (χ0) is 26.1. The summed E-state index contributed by atoms with van der Waals surface area (Å²) >= 11 is 3.56. The Kier molecular flexibility index (Phi) is 6.98. The highest BCUT2D eigenvalue weighted by Gasteiger charge is 2.41. The fourth-order valence-electron chi connectivity index (χ4n) is 5.27. The van der Waals surface area contributed by atoms with E-state index in [4.69, 9.17) is 4.74 Å². The van der Waals surface area contributed by atoms with E-state index in [9.17, 15) is 9.59 Å². The molecule has 0 fully saturated rings. The number of dihydropyridines is 1. The van der Waals surface area contributed by atoms with Crippen molar-refractivity contribution in [2.45, 2.75) is 38.5 Å². The number of hydrogen-bond acceptors (Lipinski definition) is 5. The maximum Gasteiger partial charge on any atom is 0.255 e. The van der Waals surface area contributed by atoms with Crippen molar-refractivity contribution >= 4 is 33.4 Å². The largest absolute Gasteiger partial charge is 0.497 e. The molecule has 0 saturated carbocycles. The molecule has 0 bridgehead atoms. The summed E-state index contributed by atoms with van der Waals surface area (Å²) < 4.78 is 6.18. The van der Waals surface area contributed by atoms with Gasteiger partial charge in [0.2, 0.25) is 0 Å². The Hall–Kier alpha value is -3.71. The number of methoxy groups -OCH3 is 1. The van der Waals surface area contributed by atoms with Crippen molar-refractivity contribution in [3.05, 3.63) is 111 Å². The fraction of sp³-hybridized carbons (Fsp3) is 0.233. The van der Waals surface area contributed by atoms with Crippen molar-refractivity contribution < 1.29 is 14.3 Å². The highest BCUT2D eigenvalue weighted by molar-refractivity contribution is 9.10. The number of nitrogens with zero attached hydrogens (tertiary/aromatic N) is 1. The van der Waals surface area contributed by atoms with Crippen LogP contribution in [-0.2, 0) is 9.59 Å². The SMILES string of the molecule is COc1ccc(C2CC(=O)C3=C(C2)NC(C)=C(C(=O)Nc2cccc(C)n2)C3c2cccc(Br)c2)cc1. The number of ketones is 1. The lowest BCUT2D eigenvalue weighted by molar-refractivity contribution is -0.116. The number of amides is 1. The number of nitrogens with one attached hydrogen (secondary N) is 2. The molecule has 2 aromatic carbocycles. The minimum atomic E-state index is -0.483. The smallest absolute Gasteiger partial charge is 0.255 e. The van der Waals surface area contributed by atoms with E-state index in [1.54, 1.807) is 13.2 Å². The summed E-state index contributed by atoms with van der Waals surface area (Å²) in [6.07, 6.45) is 1.06. The molecule has 6 nitrogen and oxygen atoms in total. The minimum Gasteiger partial charge on any atom is -0.497 e. The maximum atomic E-state index is 13.8. The Bertz CT molecular complexity index is 1440. The molecular weight excluding hydrogens is 530 g/mol. The maximum absolute atomic E-state index is 13.8. The first kappa shape index (κ1) is 25.0. The van der Waals surface area contributed by atoms with E-state index in [1.165, 1.54) is 0 Å². The van der Waals surface area contributed by atoms with Crippen molar-refractivity contribution in [2.24, 2.45) is 0 Å². The average Bonchev–Trinajstić information content (AvgIpc) is 2.87. The molecule has 1 aliphatic heterocycles. The first-order valence-corrected chi connectivity index (χ1v) is 13.0. The second kappa shape index (κ2) is 10.3. The second-order valence-electron chi connectivity index (χ2n) is 9.46. The number of pyridine rings is 1. The van der Waals surface area contributed by atoms with Crippen molar-refractivity contribution in [3.63, 3.8) is 0 Å². The molecule has 2 aliphatic rings. The number of halogens is 1. The number of carbonyl (C=O) groups is 2. The monoisotopic (exact) mass is 557 g/mol. The zero-order valence-electron chi connectivity index (χ0n) is 21.0. The number of aryl methyl sites for hydroxylation is 1. The number of ether oxygens (including phenoxy) is 1. The van der Waals surface area contributed by atoms with E-state index in [1.807, 2.05) is 74.5 Å². The molecule has 5 rings (SSSR count). The van der Waals surface area contributed by atoms with Crippen LogP contribution in [0, 0.1) is 6.92 Å². The van der Waals surface area contributed by atoms with Crippen molar-refractivity contribution in [1.29, 1.82) is 0 Å². The summed E-state index contributed by atoms with van der Waals surface area (Å²) in [5.41, 5.74) is 5.60. The predicted octanol–water partition coefficient (Wildman–Crippen LogP) is 6.16. The van der Waals surface area contributed by atoms with Gasteiger partial charge in [0.05, 0.1) is 7.11 Å². The molecule has 7 heteroatoms. The fourth-order valence-corrected chi connectivity index (χ4v) is 5.68. The van der Waals surface area contributed by atoms with E-state index in [0.29, 0.717) is 29.8 Å². The number of benzene rings is 2. The predicted molar refractivity (Wildman–Crippen MR) is 147 cm³/mol. The van der Waals surface area contributed by atoms with Crippen molar-refractivity contribution in [1.82, 2.24) is 10.3 Å². The molecule has 1 aliphatic carbocycles. The minimum absolute atomic E-state index is 0.0472. The number of carbonyl (C=O) groups excluding carboxylic acids is 2.